The first-order chi connectivity index (χ1) is 8.85. The molecule has 2 saturated heterocycles. The van der Waals surface area contributed by atoms with Gasteiger partial charge in [0.2, 0.25) is 5.91 Å². The van der Waals surface area contributed by atoms with Crippen molar-refractivity contribution in [3.05, 3.63) is 0 Å². The van der Waals surface area contributed by atoms with E-state index >= 15 is 0 Å². The average Bonchev–Trinajstić information content (AvgIpc) is 2.76. The molecule has 0 aliphatic carbocycles. The molecule has 0 aromatic carbocycles. The van der Waals surface area contributed by atoms with Crippen LogP contribution in [-0.4, -0.2) is 37.0 Å². The van der Waals surface area contributed by atoms with Gasteiger partial charge in [0, 0.05) is 25.0 Å². The number of nitrogens with one attached hydrogen (secondary N) is 1. The number of piperidine rings is 1. The summed E-state index contributed by atoms with van der Waals surface area (Å²) >= 11 is 0. The fourth-order valence-electron chi connectivity index (χ4n) is 3.94. The van der Waals surface area contributed by atoms with Crippen LogP contribution in [0.5, 0.6) is 0 Å². The Morgan fingerprint density at radius 2 is 1.85 bits per heavy atom. The molecule has 0 saturated carbocycles. The van der Waals surface area contributed by atoms with Crippen molar-refractivity contribution < 1.29 is 4.79 Å². The van der Waals surface area contributed by atoms with Gasteiger partial charge in [0.15, 0.2) is 0 Å². The van der Waals surface area contributed by atoms with Gasteiger partial charge in [-0.1, -0.05) is 27.7 Å². The summed E-state index contributed by atoms with van der Waals surface area (Å²) in [6.45, 7) is 12.9. The van der Waals surface area contributed by atoms with E-state index in [-0.39, 0.29) is 17.8 Å². The molecule has 20 heavy (non-hydrogen) atoms. The van der Waals surface area contributed by atoms with E-state index in [9.17, 15) is 4.79 Å². The molecule has 0 unspecified atom stereocenters. The summed E-state index contributed by atoms with van der Waals surface area (Å²) in [5.41, 5.74) is 0.297. The summed E-state index contributed by atoms with van der Waals surface area (Å²) in [6.07, 6.45) is 4.65. The summed E-state index contributed by atoms with van der Waals surface area (Å²) in [6, 6.07) is 0. The summed E-state index contributed by atoms with van der Waals surface area (Å²) in [7, 11) is 0. The van der Waals surface area contributed by atoms with Crippen molar-refractivity contribution in [3.8, 4) is 0 Å². The van der Waals surface area contributed by atoms with Gasteiger partial charge in [-0.2, -0.15) is 0 Å². The van der Waals surface area contributed by atoms with Crippen LogP contribution in [0.2, 0.25) is 0 Å². The Balaban J connectivity index is 0.00000200. The van der Waals surface area contributed by atoms with Crippen molar-refractivity contribution in [2.75, 3.05) is 26.2 Å². The number of carbonyl (C=O) groups excluding carboxylic acids is 1. The molecule has 0 aromatic heterocycles. The lowest BCUT2D eigenvalue weighted by molar-refractivity contribution is -0.143. The minimum absolute atomic E-state index is 0. The quantitative estimate of drug-likeness (QED) is 0.869. The predicted molar refractivity (Wildman–Crippen MR) is 86.2 cm³/mol. The molecule has 1 spiro atoms. The molecule has 3 nitrogen and oxygen atoms in total. The van der Waals surface area contributed by atoms with E-state index in [1.54, 1.807) is 0 Å². The molecule has 4 heteroatoms. The van der Waals surface area contributed by atoms with Crippen molar-refractivity contribution in [1.29, 1.82) is 0 Å². The first-order valence-corrected chi connectivity index (χ1v) is 7.85. The Labute approximate surface area is 130 Å². The highest BCUT2D eigenvalue weighted by molar-refractivity contribution is 5.85. The molecule has 2 aliphatic rings. The Kier molecular flexibility index (Phi) is 5.91. The number of hydrogen-bond donors (Lipinski definition) is 1. The van der Waals surface area contributed by atoms with Crippen molar-refractivity contribution in [2.24, 2.45) is 16.7 Å². The molecule has 0 atom stereocenters. The standard InChI is InChI=1S/C16H30N2O.ClH/c1-13(2)11-15(3,4)14(19)18-9-6-16(7-10-18)5-8-17-12-16;/h13,17H,5-12H2,1-4H3;1H. The smallest absolute Gasteiger partial charge is 0.228 e. The molecule has 2 heterocycles. The maximum Gasteiger partial charge on any atom is 0.228 e. The van der Waals surface area contributed by atoms with Crippen LogP contribution in [-0.2, 0) is 4.79 Å². The van der Waals surface area contributed by atoms with Crippen molar-refractivity contribution in [1.82, 2.24) is 10.2 Å². The zero-order valence-corrected chi connectivity index (χ0v) is 14.3. The van der Waals surface area contributed by atoms with Crippen molar-refractivity contribution >= 4 is 18.3 Å². The van der Waals surface area contributed by atoms with Crippen molar-refractivity contribution in [3.63, 3.8) is 0 Å². The third-order valence-corrected chi connectivity index (χ3v) is 4.94. The average molecular weight is 303 g/mol. The largest absolute Gasteiger partial charge is 0.342 e. The normalized spacial score (nSPS) is 22.1. The monoisotopic (exact) mass is 302 g/mol. The van der Waals surface area contributed by atoms with E-state index in [0.29, 0.717) is 17.2 Å². The second kappa shape index (κ2) is 6.65. The molecule has 1 N–H and O–H groups in total. The van der Waals surface area contributed by atoms with Crippen LogP contribution in [0.1, 0.15) is 53.4 Å². The van der Waals surface area contributed by atoms with Crippen LogP contribution in [0.4, 0.5) is 0 Å². The van der Waals surface area contributed by atoms with Crippen LogP contribution >= 0.6 is 12.4 Å². The molecular weight excluding hydrogens is 272 g/mol. The predicted octanol–water partition coefficient (Wildman–Crippen LogP) is 3.08. The summed E-state index contributed by atoms with van der Waals surface area (Å²) in [5, 5.41) is 3.48. The Bertz CT molecular complexity index is 325. The summed E-state index contributed by atoms with van der Waals surface area (Å²) in [5.74, 6) is 0.941. The van der Waals surface area contributed by atoms with Gasteiger partial charge in [-0.25, -0.2) is 0 Å². The van der Waals surface area contributed by atoms with Gasteiger partial charge in [-0.15, -0.1) is 12.4 Å². The third kappa shape index (κ3) is 3.88. The number of carbonyl (C=O) groups is 1. The van der Waals surface area contributed by atoms with Crippen LogP contribution in [0.15, 0.2) is 0 Å². The van der Waals surface area contributed by atoms with Gasteiger partial charge in [0.1, 0.15) is 0 Å². The summed E-state index contributed by atoms with van der Waals surface area (Å²) in [4.78, 5) is 14.8. The van der Waals surface area contributed by atoms with Crippen LogP contribution in [0.25, 0.3) is 0 Å². The summed E-state index contributed by atoms with van der Waals surface area (Å²) < 4.78 is 0. The van der Waals surface area contributed by atoms with Gasteiger partial charge in [0.05, 0.1) is 0 Å². The first-order valence-electron chi connectivity index (χ1n) is 7.85. The maximum absolute atomic E-state index is 12.7. The van der Waals surface area contributed by atoms with E-state index < -0.39 is 0 Å². The van der Waals surface area contributed by atoms with Crippen LogP contribution in [0.3, 0.4) is 0 Å². The van der Waals surface area contributed by atoms with E-state index in [4.69, 9.17) is 0 Å². The minimum atomic E-state index is -0.202. The van der Waals surface area contributed by atoms with Crippen LogP contribution < -0.4 is 5.32 Å². The van der Waals surface area contributed by atoms with E-state index in [1.165, 1.54) is 19.3 Å². The highest BCUT2D eigenvalue weighted by atomic mass is 35.5. The van der Waals surface area contributed by atoms with E-state index in [0.717, 1.165) is 32.6 Å². The first kappa shape index (κ1) is 17.8. The van der Waals surface area contributed by atoms with Crippen molar-refractivity contribution in [2.45, 2.75) is 53.4 Å². The fraction of sp³-hybridized carbons (Fsp3) is 0.938. The maximum atomic E-state index is 12.7. The van der Waals surface area contributed by atoms with E-state index in [2.05, 4.69) is 37.9 Å². The number of hydrogen-bond acceptors (Lipinski definition) is 2. The third-order valence-electron chi connectivity index (χ3n) is 4.94. The highest BCUT2D eigenvalue weighted by Gasteiger charge is 2.40. The second-order valence-electron chi connectivity index (χ2n) is 7.70. The molecule has 2 aliphatic heterocycles. The lowest BCUT2D eigenvalue weighted by Gasteiger charge is -2.42. The molecule has 2 fully saturated rings. The number of amides is 1. The molecule has 0 aromatic rings. The van der Waals surface area contributed by atoms with Gasteiger partial charge in [0.25, 0.3) is 0 Å². The molecule has 2 rings (SSSR count). The Morgan fingerprint density at radius 3 is 2.30 bits per heavy atom. The molecule has 0 radical (unpaired) electrons. The Hall–Kier alpha value is -0.280. The lowest BCUT2D eigenvalue weighted by Crippen LogP contribution is -2.48. The van der Waals surface area contributed by atoms with Gasteiger partial charge < -0.3 is 10.2 Å². The topological polar surface area (TPSA) is 32.3 Å². The number of halogens is 1. The fourth-order valence-corrected chi connectivity index (χ4v) is 3.94. The number of nitrogens with zero attached hydrogens (tertiary/aromatic N) is 1. The molecular formula is C16H31ClN2O. The molecule has 0 bridgehead atoms. The molecule has 118 valence electrons. The molecule has 1 amide bonds. The van der Waals surface area contributed by atoms with E-state index in [1.807, 2.05) is 0 Å². The van der Waals surface area contributed by atoms with Crippen LogP contribution in [0, 0.1) is 16.7 Å². The second-order valence-corrected chi connectivity index (χ2v) is 7.70. The Morgan fingerprint density at radius 1 is 1.25 bits per heavy atom. The minimum Gasteiger partial charge on any atom is -0.342 e. The zero-order chi connectivity index (χ0) is 14.1. The number of rotatable bonds is 3. The lowest BCUT2D eigenvalue weighted by atomic mass is 9.76. The van der Waals surface area contributed by atoms with Gasteiger partial charge in [-0.3, -0.25) is 4.79 Å². The van der Waals surface area contributed by atoms with Gasteiger partial charge in [-0.05, 0) is 43.6 Å². The van der Waals surface area contributed by atoms with Gasteiger partial charge >= 0.3 is 0 Å². The number of likely N-dealkylation sites (tertiary alicyclic amines) is 1. The SMILES string of the molecule is CC(C)CC(C)(C)C(=O)N1CCC2(CCNC2)CC1.Cl. The zero-order valence-electron chi connectivity index (χ0n) is 13.5. The highest BCUT2D eigenvalue weighted by Crippen LogP contribution is 2.38.